The third kappa shape index (κ3) is 2.13. The summed E-state index contributed by atoms with van der Waals surface area (Å²) in [6, 6.07) is 2.11. The van der Waals surface area contributed by atoms with E-state index < -0.39 is 23.1 Å². The molecule has 0 saturated carbocycles. The molecule has 3 nitrogen and oxygen atoms in total. The number of carbonyl (C=O) groups is 1. The summed E-state index contributed by atoms with van der Waals surface area (Å²) in [6.07, 6.45) is 4.41. The van der Waals surface area contributed by atoms with Crippen molar-refractivity contribution < 1.29 is 13.6 Å². The lowest BCUT2D eigenvalue weighted by atomic mass is 10.1. The minimum Gasteiger partial charge on any atom is -0.396 e. The van der Waals surface area contributed by atoms with Crippen molar-refractivity contribution in [2.45, 2.75) is 6.42 Å². The molecule has 5 heteroatoms. The van der Waals surface area contributed by atoms with Crippen LogP contribution in [-0.4, -0.2) is 23.9 Å². The minimum absolute atomic E-state index is 0.220. The fourth-order valence-corrected chi connectivity index (χ4v) is 1.75. The molecule has 17 heavy (non-hydrogen) atoms. The smallest absolute Gasteiger partial charge is 0.260 e. The second kappa shape index (κ2) is 4.53. The van der Waals surface area contributed by atoms with Gasteiger partial charge in [0.2, 0.25) is 0 Å². The molecular formula is C12H12F2N2O. The van der Waals surface area contributed by atoms with E-state index in [9.17, 15) is 13.6 Å². The fourth-order valence-electron chi connectivity index (χ4n) is 1.75. The first kappa shape index (κ1) is 11.6. The van der Waals surface area contributed by atoms with Gasteiger partial charge in [0.05, 0.1) is 5.69 Å². The summed E-state index contributed by atoms with van der Waals surface area (Å²) in [5.41, 5.74) is 4.54. The van der Waals surface area contributed by atoms with E-state index in [2.05, 4.69) is 0 Å². The van der Waals surface area contributed by atoms with Crippen LogP contribution in [0.3, 0.4) is 0 Å². The molecule has 0 unspecified atom stereocenters. The molecule has 1 aromatic rings. The molecule has 0 atom stereocenters. The summed E-state index contributed by atoms with van der Waals surface area (Å²) in [4.78, 5) is 13.3. The Balaban J connectivity index is 2.36. The molecule has 2 rings (SSSR count). The van der Waals surface area contributed by atoms with E-state index in [1.54, 1.807) is 6.08 Å². The number of rotatable bonds is 1. The van der Waals surface area contributed by atoms with E-state index in [1.165, 1.54) is 4.90 Å². The zero-order valence-corrected chi connectivity index (χ0v) is 9.12. The average Bonchev–Trinajstić information content (AvgIpc) is 2.35. The Morgan fingerprint density at radius 1 is 1.29 bits per heavy atom. The van der Waals surface area contributed by atoms with Crippen LogP contribution in [-0.2, 0) is 0 Å². The van der Waals surface area contributed by atoms with Crippen LogP contribution in [0.25, 0.3) is 0 Å². The minimum atomic E-state index is -0.982. The molecule has 0 bridgehead atoms. The molecule has 0 saturated heterocycles. The van der Waals surface area contributed by atoms with Gasteiger partial charge >= 0.3 is 0 Å². The number of nitrogens with zero attached hydrogens (tertiary/aromatic N) is 1. The molecule has 1 aliphatic rings. The van der Waals surface area contributed by atoms with Crippen molar-refractivity contribution in [1.82, 2.24) is 4.90 Å². The Kier molecular flexibility index (Phi) is 3.08. The van der Waals surface area contributed by atoms with Crippen LogP contribution in [0.15, 0.2) is 24.3 Å². The van der Waals surface area contributed by atoms with E-state index in [0.29, 0.717) is 19.5 Å². The van der Waals surface area contributed by atoms with E-state index in [1.807, 2.05) is 6.08 Å². The molecule has 0 fully saturated rings. The van der Waals surface area contributed by atoms with Crippen LogP contribution in [0.5, 0.6) is 0 Å². The van der Waals surface area contributed by atoms with Gasteiger partial charge in [-0.2, -0.15) is 0 Å². The van der Waals surface area contributed by atoms with Crippen molar-refractivity contribution in [1.29, 1.82) is 0 Å². The van der Waals surface area contributed by atoms with Gasteiger partial charge in [-0.15, -0.1) is 0 Å². The number of anilines is 1. The molecule has 0 aromatic heterocycles. The number of nitrogens with two attached hydrogens (primary N) is 1. The van der Waals surface area contributed by atoms with Gasteiger partial charge in [0.15, 0.2) is 5.82 Å². The first-order valence-electron chi connectivity index (χ1n) is 5.29. The number of carbonyl (C=O) groups excluding carboxylic acids is 1. The van der Waals surface area contributed by atoms with Gasteiger partial charge in [0, 0.05) is 13.1 Å². The van der Waals surface area contributed by atoms with Gasteiger partial charge in [-0.1, -0.05) is 12.2 Å². The lowest BCUT2D eigenvalue weighted by Crippen LogP contribution is -2.35. The monoisotopic (exact) mass is 238 g/mol. The number of amides is 1. The summed E-state index contributed by atoms with van der Waals surface area (Å²) < 4.78 is 27.1. The molecule has 1 aliphatic heterocycles. The largest absolute Gasteiger partial charge is 0.396 e. The summed E-state index contributed by atoms with van der Waals surface area (Å²) in [5.74, 6) is -2.52. The second-order valence-electron chi connectivity index (χ2n) is 3.84. The van der Waals surface area contributed by atoms with E-state index >= 15 is 0 Å². The number of nitrogen functional groups attached to an aromatic ring is 1. The van der Waals surface area contributed by atoms with Crippen molar-refractivity contribution in [3.05, 3.63) is 41.5 Å². The third-order valence-electron chi connectivity index (χ3n) is 2.68. The lowest BCUT2D eigenvalue weighted by Gasteiger charge is -2.23. The topological polar surface area (TPSA) is 46.3 Å². The molecule has 0 spiro atoms. The van der Waals surface area contributed by atoms with E-state index in [-0.39, 0.29) is 5.69 Å². The summed E-state index contributed by atoms with van der Waals surface area (Å²) in [6.45, 7) is 0.829. The van der Waals surface area contributed by atoms with Crippen molar-refractivity contribution >= 4 is 11.6 Å². The summed E-state index contributed by atoms with van der Waals surface area (Å²) in [5, 5.41) is 0. The van der Waals surface area contributed by atoms with Crippen LogP contribution >= 0.6 is 0 Å². The van der Waals surface area contributed by atoms with Gasteiger partial charge in [-0.25, -0.2) is 8.78 Å². The standard InChI is InChI=1S/C12H12F2N2O/c13-8-4-5-9(15)11(14)10(8)12(17)16-6-2-1-3-7-16/h1-2,4-5H,3,6-7,15H2. The van der Waals surface area contributed by atoms with Crippen LogP contribution in [0.1, 0.15) is 16.8 Å². The van der Waals surface area contributed by atoms with Gasteiger partial charge in [0.25, 0.3) is 5.91 Å². The van der Waals surface area contributed by atoms with Crippen LogP contribution in [0.4, 0.5) is 14.5 Å². The molecule has 0 aliphatic carbocycles. The molecule has 0 radical (unpaired) electrons. The highest BCUT2D eigenvalue weighted by Gasteiger charge is 2.24. The lowest BCUT2D eigenvalue weighted by molar-refractivity contribution is 0.0761. The van der Waals surface area contributed by atoms with Gasteiger partial charge < -0.3 is 10.6 Å². The number of hydrogen-bond acceptors (Lipinski definition) is 2. The highest BCUT2D eigenvalue weighted by atomic mass is 19.1. The maximum absolute atomic E-state index is 13.6. The van der Waals surface area contributed by atoms with Gasteiger partial charge in [-0.05, 0) is 18.6 Å². The first-order valence-corrected chi connectivity index (χ1v) is 5.29. The van der Waals surface area contributed by atoms with E-state index in [4.69, 9.17) is 5.73 Å². The van der Waals surface area contributed by atoms with Crippen LogP contribution in [0, 0.1) is 11.6 Å². The molecule has 1 aromatic carbocycles. The van der Waals surface area contributed by atoms with E-state index in [0.717, 1.165) is 12.1 Å². The fraction of sp³-hybridized carbons (Fsp3) is 0.250. The molecular weight excluding hydrogens is 226 g/mol. The summed E-state index contributed by atoms with van der Waals surface area (Å²) >= 11 is 0. The number of benzene rings is 1. The second-order valence-corrected chi connectivity index (χ2v) is 3.84. The quantitative estimate of drug-likeness (QED) is 0.600. The Bertz CT molecular complexity index is 486. The zero-order valence-electron chi connectivity index (χ0n) is 9.12. The maximum atomic E-state index is 13.6. The average molecular weight is 238 g/mol. The van der Waals surface area contributed by atoms with Crippen LogP contribution < -0.4 is 5.73 Å². The SMILES string of the molecule is Nc1ccc(F)c(C(=O)N2CC=CCC2)c1F. The molecule has 2 N–H and O–H groups in total. The molecule has 90 valence electrons. The highest BCUT2D eigenvalue weighted by molar-refractivity contribution is 5.95. The van der Waals surface area contributed by atoms with Gasteiger partial charge in [0.1, 0.15) is 11.4 Å². The van der Waals surface area contributed by atoms with Crippen LogP contribution in [0.2, 0.25) is 0 Å². The Labute approximate surface area is 97.5 Å². The van der Waals surface area contributed by atoms with Gasteiger partial charge in [-0.3, -0.25) is 4.79 Å². The third-order valence-corrected chi connectivity index (χ3v) is 2.68. The number of hydrogen-bond donors (Lipinski definition) is 1. The van der Waals surface area contributed by atoms with Crippen molar-refractivity contribution in [2.24, 2.45) is 0 Å². The maximum Gasteiger partial charge on any atom is 0.260 e. The number of halogens is 2. The normalized spacial score (nSPS) is 15.1. The molecule has 1 amide bonds. The van der Waals surface area contributed by atoms with Crippen molar-refractivity contribution in [3.63, 3.8) is 0 Å². The Morgan fingerprint density at radius 3 is 2.71 bits per heavy atom. The van der Waals surface area contributed by atoms with Crippen molar-refractivity contribution in [2.75, 3.05) is 18.8 Å². The predicted octanol–water partition coefficient (Wildman–Crippen LogP) is 1.95. The predicted molar refractivity (Wildman–Crippen MR) is 60.4 cm³/mol. The summed E-state index contributed by atoms with van der Waals surface area (Å²) in [7, 11) is 0. The van der Waals surface area contributed by atoms with Crippen molar-refractivity contribution in [3.8, 4) is 0 Å². The highest BCUT2D eigenvalue weighted by Crippen LogP contribution is 2.21. The first-order chi connectivity index (χ1) is 8.11. The zero-order chi connectivity index (χ0) is 12.4. The Morgan fingerprint density at radius 2 is 2.06 bits per heavy atom. The Hall–Kier alpha value is -1.91. The molecule has 1 heterocycles.